The van der Waals surface area contributed by atoms with Gasteiger partial charge in [0.1, 0.15) is 0 Å². The molecule has 1 N–H and O–H groups in total. The van der Waals surface area contributed by atoms with Gasteiger partial charge in [-0.15, -0.1) is 0 Å². The van der Waals surface area contributed by atoms with Crippen LogP contribution in [0, 0.1) is 0 Å². The summed E-state index contributed by atoms with van der Waals surface area (Å²) in [6.45, 7) is 0. The van der Waals surface area contributed by atoms with Gasteiger partial charge in [0.2, 0.25) is 5.60 Å². The standard InChI is InChI=1S/C17H14F3NO2/c18-17(19,20)16(11-10-12-6-2-1-3-7-12)13-8-4-5-9-14(13)21-15(22)23-16/h1-9H,10-11H2,(H,21,22). The zero-order chi connectivity index (χ0) is 16.5. The number of benzene rings is 2. The average Bonchev–Trinajstić information content (AvgIpc) is 2.52. The summed E-state index contributed by atoms with van der Waals surface area (Å²) in [4.78, 5) is 11.7. The minimum atomic E-state index is -4.71. The van der Waals surface area contributed by atoms with E-state index in [-0.39, 0.29) is 24.1 Å². The minimum absolute atomic E-state index is 0.0666. The number of hydrogen-bond donors (Lipinski definition) is 1. The van der Waals surface area contributed by atoms with Gasteiger partial charge in [0.05, 0.1) is 5.69 Å². The van der Waals surface area contributed by atoms with Crippen LogP contribution >= 0.6 is 0 Å². The SMILES string of the molecule is O=C1Nc2ccccc2C(CCc2ccccc2)(C(F)(F)F)O1. The fourth-order valence-electron chi connectivity index (χ4n) is 2.80. The highest BCUT2D eigenvalue weighted by molar-refractivity contribution is 5.89. The van der Waals surface area contributed by atoms with Gasteiger partial charge in [-0.25, -0.2) is 4.79 Å². The Morgan fingerprint density at radius 3 is 2.35 bits per heavy atom. The van der Waals surface area contributed by atoms with Gasteiger partial charge in [-0.2, -0.15) is 13.2 Å². The van der Waals surface area contributed by atoms with Crippen LogP contribution in [0.5, 0.6) is 0 Å². The Kier molecular flexibility index (Phi) is 3.75. The van der Waals surface area contributed by atoms with Gasteiger partial charge >= 0.3 is 12.3 Å². The van der Waals surface area contributed by atoms with Gasteiger partial charge in [-0.05, 0) is 18.1 Å². The molecule has 2 aromatic carbocycles. The topological polar surface area (TPSA) is 38.3 Å². The van der Waals surface area contributed by atoms with Gasteiger partial charge in [0.25, 0.3) is 0 Å². The second-order valence-corrected chi connectivity index (χ2v) is 5.37. The zero-order valence-corrected chi connectivity index (χ0v) is 12.1. The third kappa shape index (κ3) is 2.76. The number of hydrogen-bond acceptors (Lipinski definition) is 2. The van der Waals surface area contributed by atoms with Gasteiger partial charge < -0.3 is 4.74 Å². The van der Waals surface area contributed by atoms with Crippen molar-refractivity contribution in [2.75, 3.05) is 5.32 Å². The predicted octanol–water partition coefficient (Wildman–Crippen LogP) is 4.64. The van der Waals surface area contributed by atoms with Crippen molar-refractivity contribution in [3.05, 3.63) is 65.7 Å². The predicted molar refractivity (Wildman–Crippen MR) is 79.0 cm³/mol. The van der Waals surface area contributed by atoms with Crippen LogP contribution < -0.4 is 5.32 Å². The molecule has 0 saturated carbocycles. The average molecular weight is 321 g/mol. The van der Waals surface area contributed by atoms with Crippen LogP contribution in [-0.4, -0.2) is 12.3 Å². The summed E-state index contributed by atoms with van der Waals surface area (Å²) in [7, 11) is 0. The molecular weight excluding hydrogens is 307 g/mol. The van der Waals surface area contributed by atoms with E-state index in [1.807, 2.05) is 0 Å². The van der Waals surface area contributed by atoms with Crippen molar-refractivity contribution < 1.29 is 22.7 Å². The number of nitrogens with one attached hydrogen (secondary N) is 1. The lowest BCUT2D eigenvalue weighted by Gasteiger charge is -2.39. The summed E-state index contributed by atoms with van der Waals surface area (Å²) in [6.07, 6.45) is -6.03. The van der Waals surface area contributed by atoms with E-state index in [4.69, 9.17) is 4.74 Å². The molecule has 0 aromatic heterocycles. The van der Waals surface area contributed by atoms with Crippen LogP contribution in [0.4, 0.5) is 23.7 Å². The number of halogens is 3. The molecule has 3 rings (SSSR count). The molecule has 1 aliphatic heterocycles. The molecule has 1 heterocycles. The van der Waals surface area contributed by atoms with Crippen molar-refractivity contribution in [3.8, 4) is 0 Å². The second kappa shape index (κ2) is 5.61. The van der Waals surface area contributed by atoms with E-state index >= 15 is 0 Å². The second-order valence-electron chi connectivity index (χ2n) is 5.37. The van der Waals surface area contributed by atoms with Gasteiger partial charge in [0.15, 0.2) is 0 Å². The highest BCUT2D eigenvalue weighted by Crippen LogP contribution is 2.50. The van der Waals surface area contributed by atoms with Crippen LogP contribution in [0.3, 0.4) is 0 Å². The molecule has 1 unspecified atom stereocenters. The molecule has 23 heavy (non-hydrogen) atoms. The van der Waals surface area contributed by atoms with Crippen molar-refractivity contribution in [3.63, 3.8) is 0 Å². The molecule has 1 amide bonds. The van der Waals surface area contributed by atoms with E-state index in [1.54, 1.807) is 36.4 Å². The fraction of sp³-hybridized carbons (Fsp3) is 0.235. The Hall–Kier alpha value is -2.50. The summed E-state index contributed by atoms with van der Waals surface area (Å²) in [6, 6.07) is 14.7. The van der Waals surface area contributed by atoms with Crippen LogP contribution in [-0.2, 0) is 16.8 Å². The summed E-state index contributed by atoms with van der Waals surface area (Å²) >= 11 is 0. The third-order valence-corrected chi connectivity index (χ3v) is 3.93. The minimum Gasteiger partial charge on any atom is -0.428 e. The number of cyclic esters (lactones) is 1. The normalized spacial score (nSPS) is 20.4. The fourth-order valence-corrected chi connectivity index (χ4v) is 2.80. The molecule has 6 heteroatoms. The van der Waals surface area contributed by atoms with Crippen molar-refractivity contribution in [1.29, 1.82) is 0 Å². The summed E-state index contributed by atoms with van der Waals surface area (Å²) in [5, 5.41) is 2.32. The van der Waals surface area contributed by atoms with Crippen LogP contribution in [0.1, 0.15) is 17.5 Å². The number of fused-ring (bicyclic) bond motifs is 1. The Bertz CT molecular complexity index is 715. The summed E-state index contributed by atoms with van der Waals surface area (Å²) in [5.74, 6) is 0. The molecule has 0 aliphatic carbocycles. The van der Waals surface area contributed by atoms with Crippen molar-refractivity contribution in [2.45, 2.75) is 24.6 Å². The third-order valence-electron chi connectivity index (χ3n) is 3.93. The monoisotopic (exact) mass is 321 g/mol. The number of anilines is 1. The van der Waals surface area contributed by atoms with Gasteiger partial charge in [-0.1, -0.05) is 48.5 Å². The van der Waals surface area contributed by atoms with E-state index in [0.29, 0.717) is 0 Å². The van der Waals surface area contributed by atoms with Crippen molar-refractivity contribution in [2.24, 2.45) is 0 Å². The van der Waals surface area contributed by atoms with Crippen molar-refractivity contribution in [1.82, 2.24) is 0 Å². The van der Waals surface area contributed by atoms with Crippen LogP contribution in [0.25, 0.3) is 0 Å². The van der Waals surface area contributed by atoms with Crippen molar-refractivity contribution >= 4 is 11.8 Å². The number of alkyl halides is 3. The zero-order valence-electron chi connectivity index (χ0n) is 12.1. The Morgan fingerprint density at radius 1 is 1.00 bits per heavy atom. The first kappa shape index (κ1) is 15.4. The molecule has 120 valence electrons. The van der Waals surface area contributed by atoms with Gasteiger partial charge in [0, 0.05) is 12.0 Å². The first-order chi connectivity index (χ1) is 10.9. The summed E-state index contributed by atoms with van der Waals surface area (Å²) in [5.41, 5.74) is -1.82. The highest BCUT2D eigenvalue weighted by Gasteiger charge is 2.61. The smallest absolute Gasteiger partial charge is 0.428 e. The largest absolute Gasteiger partial charge is 0.432 e. The molecule has 0 radical (unpaired) electrons. The number of rotatable bonds is 3. The van der Waals surface area contributed by atoms with Crippen LogP contribution in [0.15, 0.2) is 54.6 Å². The highest BCUT2D eigenvalue weighted by atomic mass is 19.4. The van der Waals surface area contributed by atoms with E-state index in [9.17, 15) is 18.0 Å². The molecule has 3 nitrogen and oxygen atoms in total. The molecule has 1 aliphatic rings. The molecule has 1 atom stereocenters. The number of amides is 1. The molecular formula is C17H14F3NO2. The van der Waals surface area contributed by atoms with E-state index in [1.165, 1.54) is 18.2 Å². The molecule has 2 aromatic rings. The van der Waals surface area contributed by atoms with E-state index in [2.05, 4.69) is 5.32 Å². The maximum Gasteiger partial charge on any atom is 0.432 e. The molecule has 0 fully saturated rings. The molecule has 0 bridgehead atoms. The maximum absolute atomic E-state index is 13.8. The van der Waals surface area contributed by atoms with Crippen LogP contribution in [0.2, 0.25) is 0 Å². The molecule has 0 spiro atoms. The van der Waals surface area contributed by atoms with E-state index in [0.717, 1.165) is 5.56 Å². The Balaban J connectivity index is 2.03. The first-order valence-electron chi connectivity index (χ1n) is 7.12. The van der Waals surface area contributed by atoms with E-state index < -0.39 is 17.9 Å². The lowest BCUT2D eigenvalue weighted by molar-refractivity contribution is -0.267. The lowest BCUT2D eigenvalue weighted by atomic mass is 9.84. The number of ether oxygens (including phenoxy) is 1. The maximum atomic E-state index is 13.8. The first-order valence-corrected chi connectivity index (χ1v) is 7.12. The summed E-state index contributed by atoms with van der Waals surface area (Å²) < 4.78 is 46.4. The number of aryl methyl sites for hydroxylation is 1. The quantitative estimate of drug-likeness (QED) is 0.894. The number of carbonyl (C=O) groups is 1. The number of carbonyl (C=O) groups excluding carboxylic acids is 1. The number of para-hydroxylation sites is 1. The Morgan fingerprint density at radius 2 is 1.65 bits per heavy atom. The molecule has 0 saturated heterocycles. The van der Waals surface area contributed by atoms with Gasteiger partial charge in [-0.3, -0.25) is 5.32 Å². The Labute approximate surface area is 131 Å². The lowest BCUT2D eigenvalue weighted by Crippen LogP contribution is -2.50.